The molecule has 3 aromatic rings. The number of hydrogen-bond donors (Lipinski definition) is 0. The Kier molecular flexibility index (Phi) is 3.51. The van der Waals surface area contributed by atoms with Crippen LogP contribution >= 0.6 is 23.2 Å². The molecule has 1 aromatic heterocycles. The molecule has 0 N–H and O–H groups in total. The highest BCUT2D eigenvalue weighted by atomic mass is 35.5. The Balaban J connectivity index is 2.20. The fourth-order valence-corrected chi connectivity index (χ4v) is 2.54. The predicted octanol–water partition coefficient (Wildman–Crippen LogP) is 5.15. The molecule has 2 nitrogen and oxygen atoms in total. The second-order valence-electron chi connectivity index (χ2n) is 4.55. The zero-order chi connectivity index (χ0) is 14.1. The summed E-state index contributed by atoms with van der Waals surface area (Å²) in [5, 5.41) is 5.83. The maximum absolute atomic E-state index is 6.27. The zero-order valence-corrected chi connectivity index (χ0v) is 12.4. The number of benzene rings is 2. The van der Waals surface area contributed by atoms with Crippen LogP contribution in [0.4, 0.5) is 0 Å². The maximum atomic E-state index is 6.27. The first-order valence-corrected chi connectivity index (χ1v) is 6.98. The first-order chi connectivity index (χ1) is 9.66. The Hall–Kier alpha value is -1.77. The second kappa shape index (κ2) is 5.31. The number of aromatic nitrogens is 2. The Morgan fingerprint density at radius 3 is 2.35 bits per heavy atom. The lowest BCUT2D eigenvalue weighted by molar-refractivity contribution is 0.888. The van der Waals surface area contributed by atoms with Gasteiger partial charge in [0.05, 0.1) is 22.6 Å². The molecule has 100 valence electrons. The predicted molar refractivity (Wildman–Crippen MR) is 83.8 cm³/mol. The summed E-state index contributed by atoms with van der Waals surface area (Å²) >= 11 is 12.2. The van der Waals surface area contributed by atoms with Gasteiger partial charge in [-0.25, -0.2) is 4.68 Å². The lowest BCUT2D eigenvalue weighted by Crippen LogP contribution is -2.00. The number of halogens is 2. The summed E-state index contributed by atoms with van der Waals surface area (Å²) in [6.07, 6.45) is 1.84. The van der Waals surface area contributed by atoms with E-state index < -0.39 is 0 Å². The number of nitrogens with zero attached hydrogens (tertiary/aromatic N) is 2. The highest BCUT2D eigenvalue weighted by Crippen LogP contribution is 2.29. The number of rotatable bonds is 2. The van der Waals surface area contributed by atoms with Crippen LogP contribution in [-0.4, -0.2) is 9.78 Å². The van der Waals surface area contributed by atoms with Crippen molar-refractivity contribution in [1.29, 1.82) is 0 Å². The molecule has 0 unspecified atom stereocenters. The first kappa shape index (κ1) is 13.2. The molecule has 0 atom stereocenters. The van der Waals surface area contributed by atoms with Gasteiger partial charge in [0.2, 0.25) is 0 Å². The highest BCUT2D eigenvalue weighted by molar-refractivity contribution is 6.32. The number of hydrogen-bond acceptors (Lipinski definition) is 1. The smallest absolute Gasteiger partial charge is 0.0839 e. The van der Waals surface area contributed by atoms with Crippen molar-refractivity contribution >= 4 is 23.2 Å². The summed E-state index contributed by atoms with van der Waals surface area (Å²) < 4.78 is 1.86. The molecule has 0 aliphatic rings. The van der Waals surface area contributed by atoms with E-state index in [4.69, 9.17) is 23.2 Å². The third-order valence-electron chi connectivity index (χ3n) is 3.15. The molecular weight excluding hydrogens is 291 g/mol. The minimum atomic E-state index is 0.672. The van der Waals surface area contributed by atoms with E-state index in [0.29, 0.717) is 5.02 Å². The summed E-state index contributed by atoms with van der Waals surface area (Å²) in [5.41, 5.74) is 4.04. The average Bonchev–Trinajstić information content (AvgIpc) is 2.82. The third-order valence-corrected chi connectivity index (χ3v) is 3.72. The van der Waals surface area contributed by atoms with Crippen molar-refractivity contribution in [3.63, 3.8) is 0 Å². The van der Waals surface area contributed by atoms with Gasteiger partial charge >= 0.3 is 0 Å². The van der Waals surface area contributed by atoms with E-state index in [9.17, 15) is 0 Å². The third kappa shape index (κ3) is 2.33. The number of para-hydroxylation sites is 1. The van der Waals surface area contributed by atoms with Crippen molar-refractivity contribution in [2.24, 2.45) is 0 Å². The van der Waals surface area contributed by atoms with Gasteiger partial charge in [0.1, 0.15) is 0 Å². The van der Waals surface area contributed by atoms with E-state index in [1.54, 1.807) is 0 Å². The van der Waals surface area contributed by atoms with Crippen LogP contribution in [0.25, 0.3) is 16.9 Å². The van der Waals surface area contributed by atoms with Crippen LogP contribution < -0.4 is 0 Å². The summed E-state index contributed by atoms with van der Waals surface area (Å²) in [6.45, 7) is 2.03. The van der Waals surface area contributed by atoms with Crippen molar-refractivity contribution in [2.75, 3.05) is 0 Å². The van der Waals surface area contributed by atoms with E-state index in [2.05, 4.69) is 5.10 Å². The van der Waals surface area contributed by atoms with Crippen LogP contribution in [0, 0.1) is 6.92 Å². The van der Waals surface area contributed by atoms with Crippen molar-refractivity contribution < 1.29 is 0 Å². The van der Waals surface area contributed by atoms with Gasteiger partial charge in [-0.15, -0.1) is 0 Å². The van der Waals surface area contributed by atoms with Gasteiger partial charge in [0, 0.05) is 10.6 Å². The molecular formula is C16H12Cl2N2. The monoisotopic (exact) mass is 302 g/mol. The summed E-state index contributed by atoms with van der Waals surface area (Å²) in [6, 6.07) is 15.4. The molecule has 0 aliphatic carbocycles. The molecule has 0 bridgehead atoms. The Labute approximate surface area is 127 Å². The fraction of sp³-hybridized carbons (Fsp3) is 0.0625. The SMILES string of the molecule is Cc1cnn(-c2ccccc2Cl)c1-c1ccc(Cl)cc1. The van der Waals surface area contributed by atoms with Crippen LogP contribution in [0.3, 0.4) is 0 Å². The summed E-state index contributed by atoms with van der Waals surface area (Å²) in [5.74, 6) is 0. The average molecular weight is 303 g/mol. The van der Waals surface area contributed by atoms with Crippen LogP contribution in [0.1, 0.15) is 5.56 Å². The quantitative estimate of drug-likeness (QED) is 0.640. The molecule has 0 amide bonds. The second-order valence-corrected chi connectivity index (χ2v) is 5.39. The lowest BCUT2D eigenvalue weighted by atomic mass is 10.1. The minimum Gasteiger partial charge on any atom is -0.231 e. The van der Waals surface area contributed by atoms with Gasteiger partial charge < -0.3 is 0 Å². The van der Waals surface area contributed by atoms with Crippen molar-refractivity contribution in [1.82, 2.24) is 9.78 Å². The van der Waals surface area contributed by atoms with Gasteiger partial charge in [-0.2, -0.15) is 5.10 Å². The Morgan fingerprint density at radius 1 is 0.950 bits per heavy atom. The standard InChI is InChI=1S/C16H12Cl2N2/c1-11-10-19-20(15-5-3-2-4-14(15)18)16(11)12-6-8-13(17)9-7-12/h2-10H,1H3. The van der Waals surface area contributed by atoms with Crippen LogP contribution in [0.15, 0.2) is 54.7 Å². The van der Waals surface area contributed by atoms with Crippen molar-refractivity contribution in [3.8, 4) is 16.9 Å². The van der Waals surface area contributed by atoms with E-state index in [1.807, 2.05) is 66.3 Å². The van der Waals surface area contributed by atoms with Crippen LogP contribution in [0.5, 0.6) is 0 Å². The van der Waals surface area contributed by atoms with Gasteiger partial charge in [-0.3, -0.25) is 0 Å². The van der Waals surface area contributed by atoms with Crippen molar-refractivity contribution in [2.45, 2.75) is 6.92 Å². The van der Waals surface area contributed by atoms with Gasteiger partial charge in [-0.05, 0) is 36.8 Å². The maximum Gasteiger partial charge on any atom is 0.0839 e. The van der Waals surface area contributed by atoms with Gasteiger partial charge in [0.25, 0.3) is 0 Å². The molecule has 3 rings (SSSR count). The summed E-state index contributed by atoms with van der Waals surface area (Å²) in [4.78, 5) is 0. The van der Waals surface area contributed by atoms with Crippen molar-refractivity contribution in [3.05, 3.63) is 70.3 Å². The molecule has 4 heteroatoms. The van der Waals surface area contributed by atoms with Gasteiger partial charge in [0.15, 0.2) is 0 Å². The van der Waals surface area contributed by atoms with E-state index in [1.165, 1.54) is 0 Å². The molecule has 20 heavy (non-hydrogen) atoms. The first-order valence-electron chi connectivity index (χ1n) is 6.22. The fourth-order valence-electron chi connectivity index (χ4n) is 2.19. The van der Waals surface area contributed by atoms with Crippen LogP contribution in [-0.2, 0) is 0 Å². The molecule has 0 aliphatic heterocycles. The molecule has 0 spiro atoms. The summed E-state index contributed by atoms with van der Waals surface area (Å²) in [7, 11) is 0. The molecule has 0 saturated heterocycles. The number of aryl methyl sites for hydroxylation is 1. The molecule has 1 heterocycles. The Morgan fingerprint density at radius 2 is 1.65 bits per heavy atom. The minimum absolute atomic E-state index is 0.672. The molecule has 0 radical (unpaired) electrons. The van der Waals surface area contributed by atoms with Crippen LogP contribution in [0.2, 0.25) is 10.0 Å². The largest absolute Gasteiger partial charge is 0.231 e. The van der Waals surface area contributed by atoms with Gasteiger partial charge in [-0.1, -0.05) is 47.5 Å². The topological polar surface area (TPSA) is 17.8 Å². The lowest BCUT2D eigenvalue weighted by Gasteiger charge is -2.10. The Bertz CT molecular complexity index is 745. The van der Waals surface area contributed by atoms with E-state index >= 15 is 0 Å². The zero-order valence-electron chi connectivity index (χ0n) is 10.8. The van der Waals surface area contributed by atoms with E-state index in [0.717, 1.165) is 27.5 Å². The molecule has 0 fully saturated rings. The van der Waals surface area contributed by atoms with E-state index in [-0.39, 0.29) is 0 Å². The highest BCUT2D eigenvalue weighted by Gasteiger charge is 2.13. The molecule has 2 aromatic carbocycles. The molecule has 0 saturated carbocycles. The normalized spacial score (nSPS) is 10.8.